The summed E-state index contributed by atoms with van der Waals surface area (Å²) in [6.45, 7) is 2.22. The van der Waals surface area contributed by atoms with Crippen LogP contribution in [0.1, 0.15) is 28.6 Å². The Kier molecular flexibility index (Phi) is 7.61. The summed E-state index contributed by atoms with van der Waals surface area (Å²) in [6, 6.07) is 7.32. The predicted octanol–water partition coefficient (Wildman–Crippen LogP) is 2.54. The molecule has 24 heavy (non-hydrogen) atoms. The van der Waals surface area contributed by atoms with Crippen molar-refractivity contribution in [3.63, 3.8) is 0 Å². The van der Waals surface area contributed by atoms with E-state index in [4.69, 9.17) is 19.6 Å². The monoisotopic (exact) mass is 354 g/mol. The second kappa shape index (κ2) is 9.20. The summed E-state index contributed by atoms with van der Waals surface area (Å²) in [7, 11) is 3.20. The number of ether oxygens (including phenoxy) is 2. The molecule has 1 aromatic carbocycles. The lowest BCUT2D eigenvalue weighted by atomic mass is 10.1. The molecule has 1 aromatic heterocycles. The highest BCUT2D eigenvalue weighted by molar-refractivity contribution is 5.94. The van der Waals surface area contributed by atoms with E-state index in [1.807, 2.05) is 25.1 Å². The van der Waals surface area contributed by atoms with E-state index in [-0.39, 0.29) is 30.9 Å². The number of nitrogens with one attached hydrogen (secondary N) is 1. The molecule has 2 rings (SSSR count). The van der Waals surface area contributed by atoms with Crippen LogP contribution < -0.4 is 20.5 Å². The van der Waals surface area contributed by atoms with E-state index in [0.717, 1.165) is 5.56 Å². The summed E-state index contributed by atoms with van der Waals surface area (Å²) in [5.41, 5.74) is 6.99. The minimum Gasteiger partial charge on any atom is -0.493 e. The Bertz CT molecular complexity index is 672. The van der Waals surface area contributed by atoms with Gasteiger partial charge in [-0.1, -0.05) is 6.07 Å². The zero-order valence-corrected chi connectivity index (χ0v) is 14.8. The molecule has 0 aliphatic carbocycles. The van der Waals surface area contributed by atoms with Crippen LogP contribution in [0.15, 0.2) is 34.9 Å². The third kappa shape index (κ3) is 4.91. The fraction of sp³-hybridized carbons (Fsp3) is 0.353. The topological polar surface area (TPSA) is 86.7 Å². The standard InChI is InChI=1S/C17H22N2O4.ClH/c1-11(19-17(20)13-8-14(9-18)23-10-13)6-12-4-5-15(21-2)16(7-12)22-3;/h4-5,7-8,10-11H,6,9,18H2,1-3H3,(H,19,20);1H. The van der Waals surface area contributed by atoms with Crippen molar-refractivity contribution in [1.82, 2.24) is 5.32 Å². The molecule has 1 heterocycles. The van der Waals surface area contributed by atoms with E-state index in [1.165, 1.54) is 6.26 Å². The molecule has 0 saturated carbocycles. The maximum absolute atomic E-state index is 12.1. The van der Waals surface area contributed by atoms with Crippen molar-refractivity contribution in [3.05, 3.63) is 47.4 Å². The highest BCUT2D eigenvalue weighted by Crippen LogP contribution is 2.28. The fourth-order valence-corrected chi connectivity index (χ4v) is 2.33. The molecular formula is C17H23ClN2O4. The maximum Gasteiger partial charge on any atom is 0.254 e. The number of hydrogen-bond acceptors (Lipinski definition) is 5. The van der Waals surface area contributed by atoms with Gasteiger partial charge in [0, 0.05) is 6.04 Å². The first-order valence-electron chi connectivity index (χ1n) is 7.36. The average molecular weight is 355 g/mol. The summed E-state index contributed by atoms with van der Waals surface area (Å²) >= 11 is 0. The number of halogens is 1. The van der Waals surface area contributed by atoms with Crippen molar-refractivity contribution in [2.24, 2.45) is 5.73 Å². The van der Waals surface area contributed by atoms with E-state index in [9.17, 15) is 4.79 Å². The Morgan fingerprint density at radius 3 is 2.54 bits per heavy atom. The second-order valence-electron chi connectivity index (χ2n) is 5.27. The zero-order valence-electron chi connectivity index (χ0n) is 14.0. The van der Waals surface area contributed by atoms with Crippen LogP contribution in [0, 0.1) is 0 Å². The summed E-state index contributed by atoms with van der Waals surface area (Å²) in [5.74, 6) is 1.76. The van der Waals surface area contributed by atoms with E-state index in [0.29, 0.717) is 29.2 Å². The first kappa shape index (κ1) is 19.9. The predicted molar refractivity (Wildman–Crippen MR) is 94.0 cm³/mol. The van der Waals surface area contributed by atoms with Crippen molar-refractivity contribution in [3.8, 4) is 11.5 Å². The second-order valence-corrected chi connectivity index (χ2v) is 5.27. The smallest absolute Gasteiger partial charge is 0.254 e. The summed E-state index contributed by atoms with van der Waals surface area (Å²) in [6.07, 6.45) is 2.09. The third-order valence-corrected chi connectivity index (χ3v) is 3.48. The highest BCUT2D eigenvalue weighted by Gasteiger charge is 2.14. The molecule has 132 valence electrons. The van der Waals surface area contributed by atoms with Gasteiger partial charge >= 0.3 is 0 Å². The number of hydrogen-bond donors (Lipinski definition) is 2. The molecular weight excluding hydrogens is 332 g/mol. The van der Waals surface area contributed by atoms with Gasteiger partial charge in [0.25, 0.3) is 5.91 Å². The van der Waals surface area contributed by atoms with Crippen LogP contribution in [0.2, 0.25) is 0 Å². The van der Waals surface area contributed by atoms with E-state index < -0.39 is 0 Å². The van der Waals surface area contributed by atoms with E-state index in [1.54, 1.807) is 20.3 Å². The van der Waals surface area contributed by atoms with Gasteiger partial charge in [-0.2, -0.15) is 0 Å². The maximum atomic E-state index is 12.1. The normalized spacial score (nSPS) is 11.3. The lowest BCUT2D eigenvalue weighted by Crippen LogP contribution is -2.33. The summed E-state index contributed by atoms with van der Waals surface area (Å²) in [5, 5.41) is 2.94. The Balaban J connectivity index is 0.00000288. The van der Waals surface area contributed by atoms with Crippen LogP contribution in [-0.4, -0.2) is 26.2 Å². The number of carbonyl (C=O) groups is 1. The minimum absolute atomic E-state index is 0. The van der Waals surface area contributed by atoms with Gasteiger partial charge in [-0.25, -0.2) is 0 Å². The largest absolute Gasteiger partial charge is 0.493 e. The molecule has 0 fully saturated rings. The lowest BCUT2D eigenvalue weighted by molar-refractivity contribution is 0.0939. The summed E-state index contributed by atoms with van der Waals surface area (Å²) in [4.78, 5) is 12.1. The van der Waals surface area contributed by atoms with E-state index >= 15 is 0 Å². The third-order valence-electron chi connectivity index (χ3n) is 3.48. The van der Waals surface area contributed by atoms with E-state index in [2.05, 4.69) is 5.32 Å². The van der Waals surface area contributed by atoms with Crippen molar-refractivity contribution < 1.29 is 18.7 Å². The lowest BCUT2D eigenvalue weighted by Gasteiger charge is -2.15. The van der Waals surface area contributed by atoms with Gasteiger partial charge in [0.2, 0.25) is 0 Å². The first-order chi connectivity index (χ1) is 11.1. The molecule has 0 bridgehead atoms. The van der Waals surface area contributed by atoms with Crippen molar-refractivity contribution >= 4 is 18.3 Å². The van der Waals surface area contributed by atoms with Crippen LogP contribution in [0.3, 0.4) is 0 Å². The van der Waals surface area contributed by atoms with Crippen LogP contribution in [0.5, 0.6) is 11.5 Å². The Hall–Kier alpha value is -2.18. The fourth-order valence-electron chi connectivity index (χ4n) is 2.33. The van der Waals surface area contributed by atoms with Gasteiger partial charge in [0.1, 0.15) is 12.0 Å². The first-order valence-corrected chi connectivity index (χ1v) is 7.36. The van der Waals surface area contributed by atoms with Gasteiger partial charge < -0.3 is 24.9 Å². The van der Waals surface area contributed by atoms with Gasteiger partial charge in [0.15, 0.2) is 11.5 Å². The highest BCUT2D eigenvalue weighted by atomic mass is 35.5. The Morgan fingerprint density at radius 1 is 1.25 bits per heavy atom. The molecule has 0 radical (unpaired) electrons. The number of amides is 1. The number of methoxy groups -OCH3 is 2. The Morgan fingerprint density at radius 2 is 1.96 bits per heavy atom. The Labute approximate surface area is 147 Å². The number of nitrogens with two attached hydrogens (primary N) is 1. The molecule has 3 N–H and O–H groups in total. The minimum atomic E-state index is -0.179. The van der Waals surface area contributed by atoms with Gasteiger partial charge in [-0.3, -0.25) is 4.79 Å². The van der Waals surface area contributed by atoms with Gasteiger partial charge in [-0.15, -0.1) is 12.4 Å². The molecule has 1 amide bonds. The van der Waals surface area contributed by atoms with Crippen LogP contribution in [0.25, 0.3) is 0 Å². The molecule has 0 aliphatic heterocycles. The summed E-state index contributed by atoms with van der Waals surface area (Å²) < 4.78 is 15.7. The van der Waals surface area contributed by atoms with Crippen molar-refractivity contribution in [2.45, 2.75) is 25.9 Å². The van der Waals surface area contributed by atoms with Crippen LogP contribution in [0.4, 0.5) is 0 Å². The van der Waals surface area contributed by atoms with Crippen LogP contribution in [-0.2, 0) is 13.0 Å². The van der Waals surface area contributed by atoms with Gasteiger partial charge in [-0.05, 0) is 37.1 Å². The van der Waals surface area contributed by atoms with Crippen molar-refractivity contribution in [2.75, 3.05) is 14.2 Å². The zero-order chi connectivity index (χ0) is 16.8. The molecule has 7 heteroatoms. The molecule has 0 saturated heterocycles. The average Bonchev–Trinajstić information content (AvgIpc) is 3.03. The van der Waals surface area contributed by atoms with Crippen LogP contribution >= 0.6 is 12.4 Å². The number of benzene rings is 1. The molecule has 1 atom stereocenters. The molecule has 2 aromatic rings. The quantitative estimate of drug-likeness (QED) is 0.797. The number of furan rings is 1. The molecule has 1 unspecified atom stereocenters. The number of rotatable bonds is 7. The van der Waals surface area contributed by atoms with Crippen molar-refractivity contribution in [1.29, 1.82) is 0 Å². The SMILES string of the molecule is COc1ccc(CC(C)NC(=O)c2coc(CN)c2)cc1OC.Cl. The number of carbonyl (C=O) groups excluding carboxylic acids is 1. The molecule has 0 spiro atoms. The molecule has 6 nitrogen and oxygen atoms in total. The van der Waals surface area contributed by atoms with Gasteiger partial charge in [0.05, 0.1) is 26.3 Å². The molecule has 0 aliphatic rings.